The summed E-state index contributed by atoms with van der Waals surface area (Å²) >= 11 is 0. The molecule has 1 aromatic carbocycles. The first-order chi connectivity index (χ1) is 10.5. The van der Waals surface area contributed by atoms with Gasteiger partial charge in [0.05, 0.1) is 12.0 Å². The third kappa shape index (κ3) is 5.68. The highest BCUT2D eigenvalue weighted by Crippen LogP contribution is 2.39. The maximum Gasteiger partial charge on any atom is 0.192 e. The molecule has 1 unspecified atom stereocenters. The molecule has 0 N–H and O–H groups in total. The van der Waals surface area contributed by atoms with Crippen molar-refractivity contribution in [3.8, 4) is 11.8 Å². The number of hydrogen-bond acceptors (Lipinski definition) is 1. The van der Waals surface area contributed by atoms with Gasteiger partial charge < -0.3 is 4.43 Å². The van der Waals surface area contributed by atoms with Crippen molar-refractivity contribution in [2.75, 3.05) is 6.61 Å². The van der Waals surface area contributed by atoms with Crippen molar-refractivity contribution in [1.29, 1.82) is 0 Å². The maximum atomic E-state index is 6.44. The van der Waals surface area contributed by atoms with E-state index in [4.69, 9.17) is 4.43 Å². The van der Waals surface area contributed by atoms with Crippen molar-refractivity contribution < 1.29 is 4.43 Å². The predicted octanol–water partition coefficient (Wildman–Crippen LogP) is 6.14. The molecule has 0 radical (unpaired) electrons. The van der Waals surface area contributed by atoms with E-state index in [1.54, 1.807) is 0 Å². The van der Waals surface area contributed by atoms with E-state index < -0.39 is 8.32 Å². The van der Waals surface area contributed by atoms with Gasteiger partial charge in [-0.2, -0.15) is 0 Å². The average Bonchev–Trinajstić information content (AvgIpc) is 2.45. The summed E-state index contributed by atoms with van der Waals surface area (Å²) in [7, 11) is -1.77. The van der Waals surface area contributed by atoms with E-state index in [2.05, 4.69) is 83.5 Å². The molecule has 2 heteroatoms. The zero-order chi connectivity index (χ0) is 17.7. The molecule has 0 saturated carbocycles. The molecule has 0 spiro atoms. The van der Waals surface area contributed by atoms with Gasteiger partial charge in [-0.1, -0.05) is 63.6 Å². The molecule has 0 saturated heterocycles. The van der Waals surface area contributed by atoms with Gasteiger partial charge in [0.1, 0.15) is 0 Å². The second kappa shape index (κ2) is 7.51. The van der Waals surface area contributed by atoms with Crippen LogP contribution in [0.3, 0.4) is 0 Å². The van der Waals surface area contributed by atoms with Crippen LogP contribution in [0.4, 0.5) is 0 Å². The van der Waals surface area contributed by atoms with E-state index in [9.17, 15) is 0 Å². The fourth-order valence-corrected chi connectivity index (χ4v) is 3.35. The summed E-state index contributed by atoms with van der Waals surface area (Å²) in [5.74, 6) is 6.45. The second-order valence-corrected chi connectivity index (χ2v) is 12.9. The number of hydrogen-bond donors (Lipinski definition) is 0. The van der Waals surface area contributed by atoms with Crippen LogP contribution in [0.5, 0.6) is 0 Å². The molecule has 0 heterocycles. The van der Waals surface area contributed by atoms with E-state index in [0.29, 0.717) is 6.61 Å². The van der Waals surface area contributed by atoms with Crippen LogP contribution in [0.15, 0.2) is 36.9 Å². The predicted molar refractivity (Wildman–Crippen MR) is 105 cm³/mol. The topological polar surface area (TPSA) is 9.23 Å². The average molecular weight is 329 g/mol. The van der Waals surface area contributed by atoms with E-state index in [-0.39, 0.29) is 10.5 Å². The van der Waals surface area contributed by atoms with Gasteiger partial charge in [-0.3, -0.25) is 0 Å². The second-order valence-electron chi connectivity index (χ2n) is 8.13. The number of allylic oxidation sites excluding steroid dienone is 1. The van der Waals surface area contributed by atoms with E-state index in [0.717, 1.165) is 12.0 Å². The molecule has 1 aromatic rings. The molecule has 0 fully saturated rings. The lowest BCUT2D eigenvalue weighted by Gasteiger charge is -2.39. The van der Waals surface area contributed by atoms with Crippen LogP contribution in [0.1, 0.15) is 46.6 Å². The summed E-state index contributed by atoms with van der Waals surface area (Å²) in [5.41, 5.74) is 2.11. The van der Waals surface area contributed by atoms with Crippen molar-refractivity contribution in [1.82, 2.24) is 0 Å². The van der Waals surface area contributed by atoms with Crippen LogP contribution in [0, 0.1) is 17.3 Å². The molecule has 0 aliphatic rings. The summed E-state index contributed by atoms with van der Waals surface area (Å²) in [6.45, 7) is 20.4. The first-order valence-corrected chi connectivity index (χ1v) is 11.2. The normalized spacial score (nSPS) is 14.6. The third-order valence-electron chi connectivity index (χ3n) is 4.77. The minimum atomic E-state index is -1.77. The van der Waals surface area contributed by atoms with Crippen molar-refractivity contribution in [3.05, 3.63) is 42.5 Å². The fraction of sp³-hybridized carbons (Fsp3) is 0.524. The van der Waals surface area contributed by atoms with Gasteiger partial charge in [0, 0.05) is 0 Å². The van der Waals surface area contributed by atoms with Gasteiger partial charge >= 0.3 is 0 Å². The zero-order valence-electron chi connectivity index (χ0n) is 15.9. The molecular formula is C21H32OSi. The van der Waals surface area contributed by atoms with Crippen LogP contribution in [-0.4, -0.2) is 14.9 Å². The van der Waals surface area contributed by atoms with Gasteiger partial charge in [0.25, 0.3) is 0 Å². The highest BCUT2D eigenvalue weighted by Gasteiger charge is 2.39. The molecule has 1 nitrogen and oxygen atoms in total. The molecule has 1 atom stereocenters. The van der Waals surface area contributed by atoms with Gasteiger partial charge in [0.2, 0.25) is 0 Å². The van der Waals surface area contributed by atoms with Crippen LogP contribution in [0.25, 0.3) is 5.57 Å². The Bertz CT molecular complexity index is 584. The summed E-state index contributed by atoms with van der Waals surface area (Å²) in [5, 5.41) is 0.212. The Morgan fingerprint density at radius 2 is 1.70 bits per heavy atom. The molecule has 23 heavy (non-hydrogen) atoms. The first-order valence-electron chi connectivity index (χ1n) is 8.32. The first kappa shape index (κ1) is 19.7. The number of benzene rings is 1. The Morgan fingerprint density at radius 3 is 2.17 bits per heavy atom. The SMILES string of the molecule is C=C(CC(C)(C#CC)CO[Si](C)(C)C(C)(C)C)c1ccccc1. The molecule has 1 rings (SSSR count). The molecular weight excluding hydrogens is 296 g/mol. The Kier molecular flexibility index (Phi) is 6.45. The van der Waals surface area contributed by atoms with Gasteiger partial charge in [-0.05, 0) is 49.5 Å². The highest BCUT2D eigenvalue weighted by atomic mass is 28.4. The van der Waals surface area contributed by atoms with Crippen molar-refractivity contribution in [2.45, 2.75) is 59.2 Å². The van der Waals surface area contributed by atoms with Gasteiger partial charge in [-0.25, -0.2) is 0 Å². The lowest BCUT2D eigenvalue weighted by molar-refractivity contribution is 0.199. The van der Waals surface area contributed by atoms with E-state index >= 15 is 0 Å². The van der Waals surface area contributed by atoms with Crippen molar-refractivity contribution in [2.24, 2.45) is 5.41 Å². The van der Waals surface area contributed by atoms with Crippen molar-refractivity contribution in [3.63, 3.8) is 0 Å². The molecule has 0 aliphatic carbocycles. The molecule has 0 amide bonds. The van der Waals surface area contributed by atoms with Gasteiger partial charge in [-0.15, -0.1) is 5.92 Å². The lowest BCUT2D eigenvalue weighted by Crippen LogP contribution is -2.43. The molecule has 0 aromatic heterocycles. The smallest absolute Gasteiger partial charge is 0.192 e. The fourth-order valence-electron chi connectivity index (χ4n) is 2.24. The summed E-state index contributed by atoms with van der Waals surface area (Å²) < 4.78 is 6.44. The monoisotopic (exact) mass is 328 g/mol. The Morgan fingerprint density at radius 1 is 1.13 bits per heavy atom. The van der Waals surface area contributed by atoms with Crippen LogP contribution in [0.2, 0.25) is 18.1 Å². The third-order valence-corrected chi connectivity index (χ3v) is 9.25. The molecule has 0 aliphatic heterocycles. The number of rotatable bonds is 6. The zero-order valence-corrected chi connectivity index (χ0v) is 16.9. The van der Waals surface area contributed by atoms with Gasteiger partial charge in [0.15, 0.2) is 8.32 Å². The summed E-state index contributed by atoms with van der Waals surface area (Å²) in [4.78, 5) is 0. The van der Waals surface area contributed by atoms with Crippen LogP contribution in [-0.2, 0) is 4.43 Å². The van der Waals surface area contributed by atoms with Crippen LogP contribution < -0.4 is 0 Å². The highest BCUT2D eigenvalue weighted by molar-refractivity contribution is 6.74. The standard InChI is InChI=1S/C21H32OSi/c1-9-15-21(6,17-22-23(7,8)20(3,4)5)16-18(2)19-13-11-10-12-14-19/h10-14H,2,16-17H2,1,3-8H3. The van der Waals surface area contributed by atoms with E-state index in [1.165, 1.54) is 5.56 Å². The van der Waals surface area contributed by atoms with Crippen molar-refractivity contribution >= 4 is 13.9 Å². The summed E-state index contributed by atoms with van der Waals surface area (Å²) in [6.07, 6.45) is 0.826. The van der Waals surface area contributed by atoms with Crippen LogP contribution >= 0.6 is 0 Å². The molecule has 126 valence electrons. The maximum absolute atomic E-state index is 6.44. The Labute approximate surface area is 144 Å². The van der Waals surface area contributed by atoms with E-state index in [1.807, 2.05) is 13.0 Å². The quantitative estimate of drug-likeness (QED) is 0.450. The molecule has 0 bridgehead atoms. The largest absolute Gasteiger partial charge is 0.415 e. The lowest BCUT2D eigenvalue weighted by atomic mass is 9.83. The minimum absolute atomic E-state index is 0.197. The Hall–Kier alpha value is -1.30. The minimum Gasteiger partial charge on any atom is -0.415 e. The Balaban J connectivity index is 2.87. The summed E-state index contributed by atoms with van der Waals surface area (Å²) in [6, 6.07) is 10.3.